The Labute approximate surface area is 94.1 Å². The van der Waals surface area contributed by atoms with Crippen LogP contribution < -0.4 is 0 Å². The van der Waals surface area contributed by atoms with Gasteiger partial charge in [-0.15, -0.1) is 0 Å². The molecule has 1 heterocycles. The summed E-state index contributed by atoms with van der Waals surface area (Å²) >= 11 is 0. The van der Waals surface area contributed by atoms with Crippen molar-refractivity contribution >= 4 is 10.7 Å². The lowest BCUT2D eigenvalue weighted by molar-refractivity contribution is 0.383. The molecule has 6 heteroatoms. The van der Waals surface area contributed by atoms with Crippen LogP contribution in [-0.2, 0) is 17.1 Å². The highest BCUT2D eigenvalue weighted by Gasteiger charge is 2.07. The molecule has 0 aliphatic heterocycles. The second-order valence-corrected chi connectivity index (χ2v) is 4.30. The van der Waals surface area contributed by atoms with E-state index in [0.29, 0.717) is 11.7 Å². The maximum atomic E-state index is 10.4. The predicted molar refractivity (Wildman–Crippen MR) is 58.6 cm³/mol. The minimum atomic E-state index is -2.40. The third-order valence-corrected chi connectivity index (χ3v) is 2.60. The Morgan fingerprint density at radius 3 is 2.62 bits per heavy atom. The molecular formula is C10H10N2O3S. The molecule has 2 rings (SSSR count). The molecule has 2 aromatic rings. The van der Waals surface area contributed by atoms with E-state index < -0.39 is 10.7 Å². The number of benzene rings is 1. The Kier molecular flexibility index (Phi) is 3.31. The Morgan fingerprint density at radius 1 is 1.19 bits per heavy atom. The number of hydrogen-bond donors (Lipinski definition) is 1. The number of nitrogens with zero attached hydrogens (tertiary/aromatic N) is 2. The summed E-state index contributed by atoms with van der Waals surface area (Å²) < 4.78 is 25.7. The summed E-state index contributed by atoms with van der Waals surface area (Å²) in [7, 11) is -2.40. The monoisotopic (exact) mass is 238 g/mol. The largest absolute Gasteiger partial charge is 0.339 e. The van der Waals surface area contributed by atoms with Crippen molar-refractivity contribution in [1.29, 1.82) is 0 Å². The van der Waals surface area contributed by atoms with E-state index in [2.05, 4.69) is 10.1 Å². The van der Waals surface area contributed by atoms with Gasteiger partial charge in [-0.2, -0.15) is 4.98 Å². The highest BCUT2D eigenvalue weighted by atomic mass is 32.2. The van der Waals surface area contributed by atoms with Crippen molar-refractivity contribution in [3.63, 3.8) is 0 Å². The molecule has 0 saturated carbocycles. The van der Waals surface area contributed by atoms with Gasteiger partial charge < -0.3 is 4.52 Å². The first kappa shape index (κ1) is 10.8. The van der Waals surface area contributed by atoms with Crippen molar-refractivity contribution < 1.29 is 12.9 Å². The number of aryl methyl sites for hydroxylation is 1. The third kappa shape index (κ3) is 2.66. The van der Waals surface area contributed by atoms with Gasteiger partial charge in [-0.25, -0.2) is 8.42 Å². The SMILES string of the molecule is O=[SH](=O)CCc1nc(-c2ccccc2)no1. The van der Waals surface area contributed by atoms with Crippen LogP contribution in [0.25, 0.3) is 11.4 Å². The van der Waals surface area contributed by atoms with Crippen LogP contribution >= 0.6 is 0 Å². The molecule has 0 fully saturated rings. The van der Waals surface area contributed by atoms with E-state index in [0.717, 1.165) is 5.56 Å². The summed E-state index contributed by atoms with van der Waals surface area (Å²) in [6.07, 6.45) is 0.262. The van der Waals surface area contributed by atoms with Crippen molar-refractivity contribution in [3.05, 3.63) is 36.2 Å². The molecule has 0 amide bonds. The lowest BCUT2D eigenvalue weighted by Crippen LogP contribution is -1.93. The smallest absolute Gasteiger partial charge is 0.227 e. The molecule has 1 aromatic carbocycles. The maximum Gasteiger partial charge on any atom is 0.227 e. The van der Waals surface area contributed by atoms with Crippen LogP contribution in [0.3, 0.4) is 0 Å². The molecule has 0 aliphatic rings. The number of hydrogen-bond acceptors (Lipinski definition) is 5. The summed E-state index contributed by atoms with van der Waals surface area (Å²) in [5.41, 5.74) is 0.851. The quantitative estimate of drug-likeness (QED) is 0.801. The van der Waals surface area contributed by atoms with Gasteiger partial charge in [0.25, 0.3) is 0 Å². The minimum Gasteiger partial charge on any atom is -0.339 e. The fraction of sp³-hybridized carbons (Fsp3) is 0.200. The van der Waals surface area contributed by atoms with Crippen LogP contribution in [0.15, 0.2) is 34.9 Å². The van der Waals surface area contributed by atoms with Gasteiger partial charge in [0, 0.05) is 12.0 Å². The first-order valence-electron chi connectivity index (χ1n) is 4.75. The molecule has 84 valence electrons. The number of thiol groups is 1. The van der Waals surface area contributed by atoms with Gasteiger partial charge in [-0.3, -0.25) is 0 Å². The molecule has 16 heavy (non-hydrogen) atoms. The predicted octanol–water partition coefficient (Wildman–Crippen LogP) is 0.890. The number of aromatic nitrogens is 2. The van der Waals surface area contributed by atoms with Crippen LogP contribution in [0.2, 0.25) is 0 Å². The zero-order valence-corrected chi connectivity index (χ0v) is 9.26. The third-order valence-electron chi connectivity index (χ3n) is 2.01. The first-order valence-corrected chi connectivity index (χ1v) is 6.12. The van der Waals surface area contributed by atoms with Crippen molar-refractivity contribution in [2.24, 2.45) is 0 Å². The molecule has 0 unspecified atom stereocenters. The Bertz CT molecular complexity index is 526. The Morgan fingerprint density at radius 2 is 1.94 bits per heavy atom. The van der Waals surface area contributed by atoms with Crippen LogP contribution in [-0.4, -0.2) is 24.3 Å². The molecule has 5 nitrogen and oxygen atoms in total. The molecule has 0 bridgehead atoms. The highest BCUT2D eigenvalue weighted by molar-refractivity contribution is 7.72. The minimum absolute atomic E-state index is 0.0335. The van der Waals surface area contributed by atoms with E-state index in [1.54, 1.807) is 0 Å². The summed E-state index contributed by atoms with van der Waals surface area (Å²) in [5.74, 6) is 0.862. The summed E-state index contributed by atoms with van der Waals surface area (Å²) in [5, 5.41) is 3.78. The van der Waals surface area contributed by atoms with Crippen LogP contribution in [0, 0.1) is 0 Å². The zero-order valence-electron chi connectivity index (χ0n) is 8.37. The van der Waals surface area contributed by atoms with Crippen LogP contribution in [0.5, 0.6) is 0 Å². The van der Waals surface area contributed by atoms with Gasteiger partial charge in [0.1, 0.15) is 10.7 Å². The van der Waals surface area contributed by atoms with E-state index in [9.17, 15) is 8.42 Å². The average molecular weight is 238 g/mol. The highest BCUT2D eigenvalue weighted by Crippen LogP contribution is 2.14. The van der Waals surface area contributed by atoms with Crippen LogP contribution in [0.4, 0.5) is 0 Å². The van der Waals surface area contributed by atoms with E-state index in [1.807, 2.05) is 30.3 Å². The van der Waals surface area contributed by atoms with Gasteiger partial charge in [0.2, 0.25) is 11.7 Å². The maximum absolute atomic E-state index is 10.4. The van der Waals surface area contributed by atoms with Gasteiger partial charge in [-0.05, 0) is 0 Å². The second-order valence-electron chi connectivity index (χ2n) is 3.18. The Balaban J connectivity index is 2.14. The van der Waals surface area contributed by atoms with E-state index in [4.69, 9.17) is 4.52 Å². The summed E-state index contributed by atoms with van der Waals surface area (Å²) in [6.45, 7) is 0. The topological polar surface area (TPSA) is 73.1 Å². The lowest BCUT2D eigenvalue weighted by Gasteiger charge is -1.90. The molecule has 0 atom stereocenters. The lowest BCUT2D eigenvalue weighted by atomic mass is 10.2. The van der Waals surface area contributed by atoms with Gasteiger partial charge in [-0.1, -0.05) is 35.5 Å². The fourth-order valence-electron chi connectivity index (χ4n) is 1.25. The molecule has 0 N–H and O–H groups in total. The summed E-state index contributed by atoms with van der Waals surface area (Å²) in [6, 6.07) is 9.37. The second kappa shape index (κ2) is 4.89. The van der Waals surface area contributed by atoms with Crippen molar-refractivity contribution in [3.8, 4) is 11.4 Å². The Hall–Kier alpha value is -1.69. The summed E-state index contributed by atoms with van der Waals surface area (Å²) in [4.78, 5) is 4.11. The van der Waals surface area contributed by atoms with E-state index in [1.165, 1.54) is 0 Å². The van der Waals surface area contributed by atoms with E-state index in [-0.39, 0.29) is 12.2 Å². The zero-order chi connectivity index (χ0) is 11.4. The molecule has 0 saturated heterocycles. The molecule has 0 radical (unpaired) electrons. The standard InChI is InChI=1S/C10H10N2O3S/c13-16(14)7-6-9-11-10(12-15-9)8-4-2-1-3-5-8/h1-5,16H,6-7H2. The van der Waals surface area contributed by atoms with Crippen molar-refractivity contribution in [2.45, 2.75) is 6.42 Å². The van der Waals surface area contributed by atoms with Gasteiger partial charge in [0.15, 0.2) is 0 Å². The molecule has 0 aliphatic carbocycles. The van der Waals surface area contributed by atoms with Gasteiger partial charge in [0.05, 0.1) is 5.75 Å². The number of rotatable bonds is 4. The normalized spacial score (nSPS) is 10.8. The van der Waals surface area contributed by atoms with Crippen molar-refractivity contribution in [1.82, 2.24) is 10.1 Å². The molecular weight excluding hydrogens is 228 g/mol. The van der Waals surface area contributed by atoms with Gasteiger partial charge >= 0.3 is 0 Å². The molecule has 1 aromatic heterocycles. The molecule has 0 spiro atoms. The van der Waals surface area contributed by atoms with E-state index >= 15 is 0 Å². The first-order chi connectivity index (χ1) is 7.75. The fourth-order valence-corrected chi connectivity index (χ4v) is 1.62. The average Bonchev–Trinajstić information content (AvgIpc) is 2.76. The van der Waals surface area contributed by atoms with Crippen molar-refractivity contribution in [2.75, 3.05) is 5.75 Å². The van der Waals surface area contributed by atoms with Crippen LogP contribution in [0.1, 0.15) is 5.89 Å².